The van der Waals surface area contributed by atoms with Crippen LogP contribution in [0.25, 0.3) is 0 Å². The molecule has 0 spiro atoms. The van der Waals surface area contributed by atoms with Crippen molar-refractivity contribution in [3.05, 3.63) is 29.5 Å². The van der Waals surface area contributed by atoms with Gasteiger partial charge in [0, 0.05) is 18.0 Å². The normalized spacial score (nSPS) is 10.6. The summed E-state index contributed by atoms with van der Waals surface area (Å²) in [5.74, 6) is 2.77. The summed E-state index contributed by atoms with van der Waals surface area (Å²) in [7, 11) is 0. The molecule has 0 aromatic carbocycles. The molecular weight excluding hydrogens is 222 g/mol. The Balaban J connectivity index is 1.89. The van der Waals surface area contributed by atoms with Gasteiger partial charge in [0.05, 0.1) is 6.54 Å². The van der Waals surface area contributed by atoms with Gasteiger partial charge in [-0.1, -0.05) is 6.92 Å². The minimum Gasteiger partial charge on any atom is -0.465 e. The lowest BCUT2D eigenvalue weighted by Crippen LogP contribution is -1.97. The molecule has 2 heterocycles. The SMILES string of the molecule is CCCc1nsc(NCc2ccc(C)o2)n1. The Hall–Kier alpha value is -1.36. The summed E-state index contributed by atoms with van der Waals surface area (Å²) < 4.78 is 9.71. The van der Waals surface area contributed by atoms with Crippen LogP contribution in [0.1, 0.15) is 30.7 Å². The third-order valence-electron chi connectivity index (χ3n) is 2.15. The summed E-state index contributed by atoms with van der Waals surface area (Å²) in [6, 6.07) is 3.93. The van der Waals surface area contributed by atoms with E-state index in [1.54, 1.807) is 0 Å². The summed E-state index contributed by atoms with van der Waals surface area (Å²) in [4.78, 5) is 4.38. The van der Waals surface area contributed by atoms with Gasteiger partial charge >= 0.3 is 0 Å². The average molecular weight is 237 g/mol. The van der Waals surface area contributed by atoms with E-state index in [0.29, 0.717) is 6.54 Å². The number of anilines is 1. The van der Waals surface area contributed by atoms with Crippen LogP contribution in [0.15, 0.2) is 16.5 Å². The van der Waals surface area contributed by atoms with Crippen molar-refractivity contribution in [1.82, 2.24) is 9.36 Å². The molecule has 0 aliphatic heterocycles. The van der Waals surface area contributed by atoms with E-state index in [4.69, 9.17) is 4.42 Å². The molecule has 0 aliphatic rings. The van der Waals surface area contributed by atoms with Gasteiger partial charge in [-0.15, -0.1) is 0 Å². The van der Waals surface area contributed by atoms with E-state index in [1.165, 1.54) is 11.5 Å². The van der Waals surface area contributed by atoms with Crippen molar-refractivity contribution in [1.29, 1.82) is 0 Å². The van der Waals surface area contributed by atoms with Gasteiger partial charge in [0.15, 0.2) is 0 Å². The Morgan fingerprint density at radius 3 is 3.00 bits per heavy atom. The highest BCUT2D eigenvalue weighted by Crippen LogP contribution is 2.14. The van der Waals surface area contributed by atoms with E-state index >= 15 is 0 Å². The van der Waals surface area contributed by atoms with Gasteiger partial charge in [0.2, 0.25) is 5.13 Å². The summed E-state index contributed by atoms with van der Waals surface area (Å²) in [5, 5.41) is 4.06. The monoisotopic (exact) mass is 237 g/mol. The summed E-state index contributed by atoms with van der Waals surface area (Å²) in [6.07, 6.45) is 2.02. The van der Waals surface area contributed by atoms with E-state index in [0.717, 1.165) is 35.3 Å². The average Bonchev–Trinajstić information content (AvgIpc) is 2.85. The van der Waals surface area contributed by atoms with Gasteiger partial charge in [-0.2, -0.15) is 4.37 Å². The molecule has 0 amide bonds. The van der Waals surface area contributed by atoms with Gasteiger partial charge < -0.3 is 9.73 Å². The number of aromatic nitrogens is 2. The van der Waals surface area contributed by atoms with Crippen molar-refractivity contribution in [3.8, 4) is 0 Å². The largest absolute Gasteiger partial charge is 0.465 e. The van der Waals surface area contributed by atoms with E-state index in [9.17, 15) is 0 Å². The van der Waals surface area contributed by atoms with Crippen LogP contribution in [0.2, 0.25) is 0 Å². The second-order valence-corrected chi connectivity index (χ2v) is 4.38. The van der Waals surface area contributed by atoms with Crippen molar-refractivity contribution in [2.75, 3.05) is 5.32 Å². The maximum absolute atomic E-state index is 5.45. The fraction of sp³-hybridized carbons (Fsp3) is 0.455. The van der Waals surface area contributed by atoms with Crippen LogP contribution in [0.3, 0.4) is 0 Å². The second-order valence-electron chi connectivity index (χ2n) is 3.63. The zero-order valence-corrected chi connectivity index (χ0v) is 10.3. The number of hydrogen-bond donors (Lipinski definition) is 1. The van der Waals surface area contributed by atoms with Crippen LogP contribution in [0.5, 0.6) is 0 Å². The first-order chi connectivity index (χ1) is 7.78. The number of aryl methyl sites for hydroxylation is 2. The molecule has 0 bridgehead atoms. The van der Waals surface area contributed by atoms with Gasteiger partial charge in [-0.25, -0.2) is 4.98 Å². The van der Waals surface area contributed by atoms with E-state index in [1.807, 2.05) is 19.1 Å². The fourth-order valence-corrected chi connectivity index (χ4v) is 2.00. The van der Waals surface area contributed by atoms with Gasteiger partial charge in [-0.3, -0.25) is 0 Å². The van der Waals surface area contributed by atoms with E-state index < -0.39 is 0 Å². The van der Waals surface area contributed by atoms with Crippen LogP contribution >= 0.6 is 11.5 Å². The van der Waals surface area contributed by atoms with E-state index in [2.05, 4.69) is 21.6 Å². The van der Waals surface area contributed by atoms with Crippen molar-refractivity contribution in [2.45, 2.75) is 33.2 Å². The minimum atomic E-state index is 0.661. The molecule has 86 valence electrons. The maximum atomic E-state index is 5.45. The molecule has 0 atom stereocenters. The Kier molecular flexibility index (Phi) is 3.56. The van der Waals surface area contributed by atoms with Gasteiger partial charge in [0.1, 0.15) is 17.3 Å². The van der Waals surface area contributed by atoms with Gasteiger partial charge in [0.25, 0.3) is 0 Å². The van der Waals surface area contributed by atoms with Crippen LogP contribution in [-0.4, -0.2) is 9.36 Å². The minimum absolute atomic E-state index is 0.661. The molecule has 1 N–H and O–H groups in total. The molecule has 2 rings (SSSR count). The molecule has 0 fully saturated rings. The first-order valence-electron chi connectivity index (χ1n) is 5.39. The molecular formula is C11H15N3OS. The second kappa shape index (κ2) is 5.12. The lowest BCUT2D eigenvalue weighted by atomic mass is 10.3. The van der Waals surface area contributed by atoms with E-state index in [-0.39, 0.29) is 0 Å². The summed E-state index contributed by atoms with van der Waals surface area (Å²) in [6.45, 7) is 4.72. The third kappa shape index (κ3) is 2.82. The van der Waals surface area contributed by atoms with Crippen LogP contribution in [-0.2, 0) is 13.0 Å². The Bertz CT molecular complexity index is 450. The first-order valence-corrected chi connectivity index (χ1v) is 6.17. The highest BCUT2D eigenvalue weighted by Gasteiger charge is 2.04. The highest BCUT2D eigenvalue weighted by atomic mass is 32.1. The van der Waals surface area contributed by atoms with Crippen molar-refractivity contribution in [2.24, 2.45) is 0 Å². The zero-order valence-electron chi connectivity index (χ0n) is 9.49. The number of nitrogens with zero attached hydrogens (tertiary/aromatic N) is 2. The predicted octanol–water partition coefficient (Wildman–Crippen LogP) is 3.00. The quantitative estimate of drug-likeness (QED) is 0.868. The predicted molar refractivity (Wildman–Crippen MR) is 64.7 cm³/mol. The van der Waals surface area contributed by atoms with Crippen LogP contribution < -0.4 is 5.32 Å². The maximum Gasteiger partial charge on any atom is 0.202 e. The molecule has 2 aromatic rings. The lowest BCUT2D eigenvalue weighted by molar-refractivity contribution is 0.490. The fourth-order valence-electron chi connectivity index (χ4n) is 1.39. The molecule has 16 heavy (non-hydrogen) atoms. The van der Waals surface area contributed by atoms with Crippen molar-refractivity contribution >= 4 is 16.7 Å². The Morgan fingerprint density at radius 2 is 2.31 bits per heavy atom. The van der Waals surface area contributed by atoms with Crippen LogP contribution in [0, 0.1) is 6.92 Å². The Labute approximate surface area is 98.9 Å². The molecule has 4 nitrogen and oxygen atoms in total. The topological polar surface area (TPSA) is 51.0 Å². The Morgan fingerprint density at radius 1 is 1.44 bits per heavy atom. The smallest absolute Gasteiger partial charge is 0.202 e. The highest BCUT2D eigenvalue weighted by molar-refractivity contribution is 7.09. The molecule has 0 unspecified atom stereocenters. The number of rotatable bonds is 5. The molecule has 0 aliphatic carbocycles. The zero-order chi connectivity index (χ0) is 11.4. The number of nitrogens with one attached hydrogen (secondary N) is 1. The van der Waals surface area contributed by atoms with Gasteiger partial charge in [-0.05, 0) is 25.5 Å². The molecule has 0 radical (unpaired) electrons. The number of hydrogen-bond acceptors (Lipinski definition) is 5. The van der Waals surface area contributed by atoms with Crippen molar-refractivity contribution in [3.63, 3.8) is 0 Å². The first kappa shape index (κ1) is 11.1. The summed E-state index contributed by atoms with van der Waals surface area (Å²) in [5.41, 5.74) is 0. The summed E-state index contributed by atoms with van der Waals surface area (Å²) >= 11 is 1.40. The third-order valence-corrected chi connectivity index (χ3v) is 2.86. The number of furan rings is 1. The molecule has 0 saturated heterocycles. The van der Waals surface area contributed by atoms with Crippen LogP contribution in [0.4, 0.5) is 5.13 Å². The van der Waals surface area contributed by atoms with Crippen molar-refractivity contribution < 1.29 is 4.42 Å². The lowest BCUT2D eigenvalue weighted by Gasteiger charge is -1.97. The molecule has 2 aromatic heterocycles. The molecule has 0 saturated carbocycles. The standard InChI is InChI=1S/C11H15N3OS/c1-3-4-10-13-11(16-14-10)12-7-9-6-5-8(2)15-9/h5-6H,3-4,7H2,1-2H3,(H,12,13,14). The molecule has 5 heteroatoms.